The van der Waals surface area contributed by atoms with Crippen molar-refractivity contribution >= 4 is 21.9 Å². The number of fused-ring (bicyclic) bond motifs is 3. The topological polar surface area (TPSA) is 62.6 Å². The molecule has 1 aromatic carbocycles. The molecule has 0 amide bonds. The van der Waals surface area contributed by atoms with Crippen LogP contribution in [0.15, 0.2) is 61.2 Å². The van der Waals surface area contributed by atoms with Crippen molar-refractivity contribution in [1.29, 1.82) is 0 Å². The largest absolute Gasteiger partial charge is 0.338 e. The highest BCUT2D eigenvalue weighted by Crippen LogP contribution is 2.32. The Morgan fingerprint density at radius 1 is 0.882 bits per heavy atom. The molecule has 0 saturated carbocycles. The number of H-pyrrole nitrogens is 1. The molecule has 5 aromatic rings. The molecular formula is C28H30N6. The summed E-state index contributed by atoms with van der Waals surface area (Å²) in [6.45, 7) is 8.17. The van der Waals surface area contributed by atoms with Crippen LogP contribution in [0.3, 0.4) is 0 Å². The van der Waals surface area contributed by atoms with Crippen LogP contribution in [0.1, 0.15) is 32.3 Å². The molecule has 0 atom stereocenters. The van der Waals surface area contributed by atoms with Crippen molar-refractivity contribution in [2.75, 3.05) is 13.1 Å². The zero-order valence-corrected chi connectivity index (χ0v) is 20.0. The van der Waals surface area contributed by atoms with Gasteiger partial charge in [-0.1, -0.05) is 38.1 Å². The molecular weight excluding hydrogens is 420 g/mol. The maximum absolute atomic E-state index is 4.72. The van der Waals surface area contributed by atoms with Crippen molar-refractivity contribution in [3.05, 3.63) is 66.7 Å². The second-order valence-electron chi connectivity index (χ2n) is 10.4. The number of aryl methyl sites for hydroxylation is 1. The number of hydrogen-bond acceptors (Lipinski definition) is 4. The van der Waals surface area contributed by atoms with E-state index in [4.69, 9.17) is 4.98 Å². The first kappa shape index (κ1) is 21.1. The zero-order valence-electron chi connectivity index (χ0n) is 20.0. The smallest absolute Gasteiger partial charge is 0.138 e. The van der Waals surface area contributed by atoms with Gasteiger partial charge in [0.1, 0.15) is 5.65 Å². The summed E-state index contributed by atoms with van der Waals surface area (Å²) in [5.74, 6) is 0. The van der Waals surface area contributed by atoms with Gasteiger partial charge in [-0.05, 0) is 54.6 Å². The number of aromatic nitrogens is 5. The molecule has 4 aromatic heterocycles. The van der Waals surface area contributed by atoms with Crippen molar-refractivity contribution in [2.24, 2.45) is 12.5 Å². The van der Waals surface area contributed by atoms with Gasteiger partial charge in [-0.25, -0.2) is 4.98 Å². The minimum absolute atomic E-state index is 0.489. The van der Waals surface area contributed by atoms with E-state index in [0.29, 0.717) is 5.41 Å². The van der Waals surface area contributed by atoms with E-state index < -0.39 is 0 Å². The maximum Gasteiger partial charge on any atom is 0.138 e. The Hall–Kier alpha value is -3.51. The van der Waals surface area contributed by atoms with E-state index in [2.05, 4.69) is 70.2 Å². The molecule has 1 fully saturated rings. The fourth-order valence-electron chi connectivity index (χ4n) is 4.92. The molecule has 1 aliphatic rings. The molecule has 34 heavy (non-hydrogen) atoms. The second-order valence-corrected chi connectivity index (χ2v) is 10.4. The molecule has 1 saturated heterocycles. The Kier molecular flexibility index (Phi) is 4.99. The third-order valence-corrected chi connectivity index (χ3v) is 7.24. The lowest BCUT2D eigenvalue weighted by molar-refractivity contribution is 0.127. The molecule has 1 aliphatic heterocycles. The Balaban J connectivity index is 1.28. The van der Waals surface area contributed by atoms with E-state index in [1.165, 1.54) is 37.1 Å². The van der Waals surface area contributed by atoms with E-state index in [9.17, 15) is 0 Å². The van der Waals surface area contributed by atoms with Crippen LogP contribution < -0.4 is 0 Å². The van der Waals surface area contributed by atoms with Crippen molar-refractivity contribution in [3.8, 4) is 22.4 Å². The highest BCUT2D eigenvalue weighted by molar-refractivity contribution is 6.07. The number of piperidine rings is 1. The van der Waals surface area contributed by atoms with Gasteiger partial charge in [0.25, 0.3) is 0 Å². The summed E-state index contributed by atoms with van der Waals surface area (Å²) in [6, 6.07) is 13.3. The number of likely N-dealkylation sites (tertiary alicyclic amines) is 1. The minimum atomic E-state index is 0.489. The Morgan fingerprint density at radius 3 is 2.41 bits per heavy atom. The quantitative estimate of drug-likeness (QED) is 0.376. The maximum atomic E-state index is 4.72. The van der Waals surface area contributed by atoms with Gasteiger partial charge in [0.05, 0.1) is 23.6 Å². The monoisotopic (exact) mass is 450 g/mol. The van der Waals surface area contributed by atoms with Crippen LogP contribution in [0.2, 0.25) is 0 Å². The average molecular weight is 451 g/mol. The number of aromatic amines is 1. The van der Waals surface area contributed by atoms with Crippen molar-refractivity contribution in [1.82, 2.24) is 29.6 Å². The number of hydrogen-bond donors (Lipinski definition) is 1. The lowest BCUT2D eigenvalue weighted by Crippen LogP contribution is -2.36. The molecule has 6 rings (SSSR count). The van der Waals surface area contributed by atoms with Gasteiger partial charge in [-0.3, -0.25) is 14.6 Å². The molecule has 0 bridgehead atoms. The van der Waals surface area contributed by atoms with E-state index in [1.54, 1.807) is 4.68 Å². The molecule has 1 N–H and O–H groups in total. The van der Waals surface area contributed by atoms with Crippen LogP contribution in [-0.2, 0) is 13.6 Å². The highest BCUT2D eigenvalue weighted by atomic mass is 15.2. The number of nitrogens with zero attached hydrogens (tertiary/aromatic N) is 5. The van der Waals surface area contributed by atoms with Gasteiger partial charge in [0, 0.05) is 47.9 Å². The van der Waals surface area contributed by atoms with Gasteiger partial charge in [0.15, 0.2) is 0 Å². The van der Waals surface area contributed by atoms with Crippen LogP contribution in [0.25, 0.3) is 44.3 Å². The zero-order chi connectivity index (χ0) is 23.3. The molecule has 0 unspecified atom stereocenters. The molecule has 172 valence electrons. The van der Waals surface area contributed by atoms with Crippen molar-refractivity contribution in [3.63, 3.8) is 0 Å². The van der Waals surface area contributed by atoms with Crippen LogP contribution in [0, 0.1) is 5.41 Å². The summed E-state index contributed by atoms with van der Waals surface area (Å²) in [5, 5.41) is 6.52. The molecule has 0 radical (unpaired) electrons. The SMILES string of the molecule is Cn1cc(-c2cc3c(cn2)[nH]c2ncc(-c4ccc(CN5CCC(C)(C)CC5)cc4)cc23)cn1. The summed E-state index contributed by atoms with van der Waals surface area (Å²) in [6.07, 6.45) is 10.2. The lowest BCUT2D eigenvalue weighted by Gasteiger charge is -2.36. The standard InChI is InChI=1S/C28H30N6/c1-28(2)8-10-34(11-9-28)17-19-4-6-20(7-5-19)21-12-24-23-13-25(22-15-31-33(3)18-22)29-16-26(23)32-27(24)30-14-21/h4-7,12-16,18H,8-11,17H2,1-3H3,(H,30,32). The second kappa shape index (κ2) is 8.06. The summed E-state index contributed by atoms with van der Waals surface area (Å²) in [4.78, 5) is 15.3. The lowest BCUT2D eigenvalue weighted by atomic mass is 9.82. The Morgan fingerprint density at radius 2 is 1.68 bits per heavy atom. The summed E-state index contributed by atoms with van der Waals surface area (Å²) in [5.41, 5.74) is 7.97. The summed E-state index contributed by atoms with van der Waals surface area (Å²) in [7, 11) is 1.92. The fraction of sp³-hybridized carbons (Fsp3) is 0.321. The molecule has 0 aliphatic carbocycles. The van der Waals surface area contributed by atoms with Gasteiger partial charge in [0.2, 0.25) is 0 Å². The fourth-order valence-corrected chi connectivity index (χ4v) is 4.92. The Bertz CT molecular complexity index is 1460. The van der Waals surface area contributed by atoms with E-state index in [-0.39, 0.29) is 0 Å². The molecule has 6 nitrogen and oxygen atoms in total. The minimum Gasteiger partial charge on any atom is -0.338 e. The third kappa shape index (κ3) is 3.99. The third-order valence-electron chi connectivity index (χ3n) is 7.24. The van der Waals surface area contributed by atoms with Crippen LogP contribution in [-0.4, -0.2) is 42.7 Å². The number of nitrogens with one attached hydrogen (secondary N) is 1. The first-order chi connectivity index (χ1) is 16.4. The molecule has 6 heteroatoms. The molecule has 5 heterocycles. The van der Waals surface area contributed by atoms with E-state index >= 15 is 0 Å². The number of benzene rings is 1. The van der Waals surface area contributed by atoms with Crippen LogP contribution >= 0.6 is 0 Å². The van der Waals surface area contributed by atoms with Gasteiger partial charge in [-0.2, -0.15) is 5.10 Å². The van der Waals surface area contributed by atoms with Crippen molar-refractivity contribution < 1.29 is 0 Å². The van der Waals surface area contributed by atoms with Crippen molar-refractivity contribution in [2.45, 2.75) is 33.2 Å². The van der Waals surface area contributed by atoms with Gasteiger partial charge in [-0.15, -0.1) is 0 Å². The van der Waals surface area contributed by atoms with E-state index in [1.807, 2.05) is 31.8 Å². The number of rotatable bonds is 4. The van der Waals surface area contributed by atoms with E-state index in [0.717, 1.165) is 45.3 Å². The van der Waals surface area contributed by atoms with Crippen LogP contribution in [0.5, 0.6) is 0 Å². The first-order valence-electron chi connectivity index (χ1n) is 12.0. The first-order valence-corrected chi connectivity index (χ1v) is 12.0. The van der Waals surface area contributed by atoms with Gasteiger partial charge >= 0.3 is 0 Å². The Labute approximate surface area is 199 Å². The van der Waals surface area contributed by atoms with Crippen LogP contribution in [0.4, 0.5) is 0 Å². The molecule has 0 spiro atoms. The predicted octanol–water partition coefficient (Wildman–Crippen LogP) is 5.80. The number of pyridine rings is 2. The average Bonchev–Trinajstić information content (AvgIpc) is 3.43. The predicted molar refractivity (Wildman–Crippen MR) is 137 cm³/mol. The van der Waals surface area contributed by atoms with Gasteiger partial charge < -0.3 is 4.98 Å². The summed E-state index contributed by atoms with van der Waals surface area (Å²) < 4.78 is 1.80. The highest BCUT2D eigenvalue weighted by Gasteiger charge is 2.25. The summed E-state index contributed by atoms with van der Waals surface area (Å²) >= 11 is 0. The normalized spacial score (nSPS) is 16.4.